The van der Waals surface area contributed by atoms with Gasteiger partial charge in [0.25, 0.3) is 5.91 Å². The summed E-state index contributed by atoms with van der Waals surface area (Å²) in [4.78, 5) is 14.6. The lowest BCUT2D eigenvalue weighted by atomic mass is 10.0. The average Bonchev–Trinajstić information content (AvgIpc) is 2.52. The summed E-state index contributed by atoms with van der Waals surface area (Å²) in [6, 6.07) is 7.38. The molecule has 1 aromatic carbocycles. The molecular weight excluding hydrogens is 254 g/mol. The fourth-order valence-electron chi connectivity index (χ4n) is 2.33. The van der Waals surface area contributed by atoms with Gasteiger partial charge in [0.2, 0.25) is 0 Å². The standard InChI is InChI=1S/C16H19NO3/c1-2-14-12-20-11-9-17(14)16(19)15-8-4-3-6-13(15)7-5-10-18/h3-4,6,8,14,18H,2,9-12H2,1H3. The lowest BCUT2D eigenvalue weighted by Crippen LogP contribution is -2.48. The second kappa shape index (κ2) is 7.09. The van der Waals surface area contributed by atoms with Crippen molar-refractivity contribution < 1.29 is 14.6 Å². The number of rotatable bonds is 2. The first-order chi connectivity index (χ1) is 9.77. The molecule has 0 radical (unpaired) electrons. The quantitative estimate of drug-likeness (QED) is 0.826. The summed E-state index contributed by atoms with van der Waals surface area (Å²) < 4.78 is 5.43. The van der Waals surface area contributed by atoms with E-state index in [0.717, 1.165) is 6.42 Å². The van der Waals surface area contributed by atoms with Gasteiger partial charge in [-0.2, -0.15) is 0 Å². The number of carbonyl (C=O) groups is 1. The molecule has 0 aliphatic carbocycles. The average molecular weight is 273 g/mol. The molecule has 1 amide bonds. The third-order valence-corrected chi connectivity index (χ3v) is 3.42. The van der Waals surface area contributed by atoms with Crippen molar-refractivity contribution >= 4 is 5.91 Å². The highest BCUT2D eigenvalue weighted by Crippen LogP contribution is 2.17. The van der Waals surface area contributed by atoms with Gasteiger partial charge < -0.3 is 14.7 Å². The summed E-state index contributed by atoms with van der Waals surface area (Å²) in [7, 11) is 0. The Hall–Kier alpha value is -1.83. The highest BCUT2D eigenvalue weighted by molar-refractivity contribution is 5.97. The van der Waals surface area contributed by atoms with E-state index in [1.807, 2.05) is 17.0 Å². The SMILES string of the molecule is CCC1COCCN1C(=O)c1ccccc1C#CCO. The van der Waals surface area contributed by atoms with Gasteiger partial charge in [0.1, 0.15) is 6.61 Å². The molecule has 0 aromatic heterocycles. The highest BCUT2D eigenvalue weighted by atomic mass is 16.5. The van der Waals surface area contributed by atoms with Crippen molar-refractivity contribution in [2.24, 2.45) is 0 Å². The minimum absolute atomic E-state index is 0.0111. The lowest BCUT2D eigenvalue weighted by molar-refractivity contribution is -0.00281. The summed E-state index contributed by atoms with van der Waals surface area (Å²) in [5.41, 5.74) is 1.25. The van der Waals surface area contributed by atoms with E-state index >= 15 is 0 Å². The van der Waals surface area contributed by atoms with Gasteiger partial charge >= 0.3 is 0 Å². The van der Waals surface area contributed by atoms with Crippen LogP contribution in [0.3, 0.4) is 0 Å². The van der Waals surface area contributed by atoms with E-state index in [1.165, 1.54) is 0 Å². The van der Waals surface area contributed by atoms with E-state index in [9.17, 15) is 4.79 Å². The predicted molar refractivity (Wildman–Crippen MR) is 76.3 cm³/mol. The molecule has 1 fully saturated rings. The van der Waals surface area contributed by atoms with Gasteiger partial charge in [0, 0.05) is 12.1 Å². The maximum absolute atomic E-state index is 12.7. The van der Waals surface area contributed by atoms with Crippen LogP contribution in [0.2, 0.25) is 0 Å². The van der Waals surface area contributed by atoms with Crippen molar-refractivity contribution in [3.05, 3.63) is 35.4 Å². The molecule has 1 aromatic rings. The Kier molecular flexibility index (Phi) is 5.16. The van der Waals surface area contributed by atoms with Crippen molar-refractivity contribution in [1.29, 1.82) is 0 Å². The zero-order valence-corrected chi connectivity index (χ0v) is 11.6. The zero-order valence-electron chi connectivity index (χ0n) is 11.6. The molecule has 0 spiro atoms. The molecule has 106 valence electrons. The number of aliphatic hydroxyl groups excluding tert-OH is 1. The van der Waals surface area contributed by atoms with Crippen LogP contribution in [-0.2, 0) is 4.74 Å². The van der Waals surface area contributed by atoms with Crippen molar-refractivity contribution in [2.75, 3.05) is 26.4 Å². The number of nitrogens with zero attached hydrogens (tertiary/aromatic N) is 1. The predicted octanol–water partition coefficient (Wildman–Crippen LogP) is 1.28. The van der Waals surface area contributed by atoms with Gasteiger partial charge in [-0.25, -0.2) is 0 Å². The first-order valence-electron chi connectivity index (χ1n) is 6.85. The van der Waals surface area contributed by atoms with Crippen LogP contribution < -0.4 is 0 Å². The van der Waals surface area contributed by atoms with Gasteiger partial charge in [-0.05, 0) is 18.6 Å². The van der Waals surface area contributed by atoms with E-state index in [-0.39, 0.29) is 18.6 Å². The Bertz CT molecular complexity index is 530. The van der Waals surface area contributed by atoms with Crippen LogP contribution in [0.5, 0.6) is 0 Å². The Morgan fingerprint density at radius 2 is 2.30 bits per heavy atom. The number of carbonyl (C=O) groups excluding carboxylic acids is 1. The monoisotopic (exact) mass is 273 g/mol. The van der Waals surface area contributed by atoms with Crippen LogP contribution >= 0.6 is 0 Å². The number of amides is 1. The number of hydrogen-bond acceptors (Lipinski definition) is 3. The minimum atomic E-state index is -0.211. The van der Waals surface area contributed by atoms with Crippen LogP contribution in [0, 0.1) is 11.8 Å². The van der Waals surface area contributed by atoms with Crippen molar-refractivity contribution in [3.8, 4) is 11.8 Å². The molecule has 1 atom stereocenters. The van der Waals surface area contributed by atoms with Crippen molar-refractivity contribution in [2.45, 2.75) is 19.4 Å². The zero-order chi connectivity index (χ0) is 14.4. The number of hydrogen-bond donors (Lipinski definition) is 1. The van der Waals surface area contributed by atoms with Crippen LogP contribution in [0.15, 0.2) is 24.3 Å². The molecule has 4 nitrogen and oxygen atoms in total. The molecule has 1 saturated heterocycles. The first-order valence-corrected chi connectivity index (χ1v) is 6.85. The Balaban J connectivity index is 2.28. The second-order valence-corrected chi connectivity index (χ2v) is 4.64. The summed E-state index contributed by atoms with van der Waals surface area (Å²) in [5, 5.41) is 8.80. The van der Waals surface area contributed by atoms with Gasteiger partial charge in [0.15, 0.2) is 0 Å². The van der Waals surface area contributed by atoms with Gasteiger partial charge in [-0.1, -0.05) is 30.9 Å². The smallest absolute Gasteiger partial charge is 0.255 e. The molecule has 20 heavy (non-hydrogen) atoms. The second-order valence-electron chi connectivity index (χ2n) is 4.64. The summed E-state index contributed by atoms with van der Waals surface area (Å²) in [6.45, 7) is 3.62. The topological polar surface area (TPSA) is 49.8 Å². The molecule has 0 bridgehead atoms. The lowest BCUT2D eigenvalue weighted by Gasteiger charge is -2.35. The normalized spacial score (nSPS) is 18.3. The molecule has 0 saturated carbocycles. The first kappa shape index (κ1) is 14.6. The van der Waals surface area contributed by atoms with Crippen LogP contribution in [-0.4, -0.2) is 48.3 Å². The minimum Gasteiger partial charge on any atom is -0.384 e. The van der Waals surface area contributed by atoms with Crippen molar-refractivity contribution in [1.82, 2.24) is 4.90 Å². The third-order valence-electron chi connectivity index (χ3n) is 3.42. The van der Waals surface area contributed by atoms with E-state index in [2.05, 4.69) is 18.8 Å². The van der Waals surface area contributed by atoms with Crippen molar-refractivity contribution in [3.63, 3.8) is 0 Å². The van der Waals surface area contributed by atoms with E-state index in [0.29, 0.717) is 30.9 Å². The summed E-state index contributed by atoms with van der Waals surface area (Å²) in [5.74, 6) is 5.42. The molecular formula is C16H19NO3. The molecule has 1 aliphatic rings. The Labute approximate surface area is 119 Å². The molecule has 2 rings (SSSR count). The van der Waals surface area contributed by atoms with E-state index in [4.69, 9.17) is 9.84 Å². The molecule has 1 N–H and O–H groups in total. The summed E-state index contributed by atoms with van der Waals surface area (Å²) in [6.07, 6.45) is 0.871. The number of benzene rings is 1. The highest BCUT2D eigenvalue weighted by Gasteiger charge is 2.27. The van der Waals surface area contributed by atoms with Gasteiger partial charge in [0.05, 0.1) is 24.8 Å². The summed E-state index contributed by atoms with van der Waals surface area (Å²) >= 11 is 0. The van der Waals surface area contributed by atoms with E-state index < -0.39 is 0 Å². The maximum Gasteiger partial charge on any atom is 0.255 e. The van der Waals surface area contributed by atoms with Gasteiger partial charge in [-0.3, -0.25) is 4.79 Å². The number of morpholine rings is 1. The molecule has 1 heterocycles. The molecule has 1 unspecified atom stereocenters. The number of ether oxygens (including phenoxy) is 1. The fourth-order valence-corrected chi connectivity index (χ4v) is 2.33. The van der Waals surface area contributed by atoms with Crippen LogP contribution in [0.25, 0.3) is 0 Å². The molecule has 1 aliphatic heterocycles. The largest absolute Gasteiger partial charge is 0.384 e. The third kappa shape index (κ3) is 3.19. The fraction of sp³-hybridized carbons (Fsp3) is 0.438. The van der Waals surface area contributed by atoms with E-state index in [1.54, 1.807) is 12.1 Å². The number of aliphatic hydroxyl groups is 1. The Morgan fingerprint density at radius 3 is 3.05 bits per heavy atom. The van der Waals surface area contributed by atoms with Crippen LogP contribution in [0.1, 0.15) is 29.3 Å². The maximum atomic E-state index is 12.7. The van der Waals surface area contributed by atoms with Crippen LogP contribution in [0.4, 0.5) is 0 Å². The molecule has 4 heteroatoms. The Morgan fingerprint density at radius 1 is 1.50 bits per heavy atom. The van der Waals surface area contributed by atoms with Gasteiger partial charge in [-0.15, -0.1) is 0 Å².